The lowest BCUT2D eigenvalue weighted by atomic mass is 10.4. The van der Waals surface area contributed by atoms with Crippen LogP contribution in [0.5, 0.6) is 0 Å². The molecule has 1 heterocycles. The van der Waals surface area contributed by atoms with Crippen molar-refractivity contribution in [3.05, 3.63) is 24.3 Å². The summed E-state index contributed by atoms with van der Waals surface area (Å²) in [6.45, 7) is 5.11. The fourth-order valence-corrected chi connectivity index (χ4v) is 0.926. The van der Waals surface area contributed by atoms with E-state index in [1.165, 1.54) is 0 Å². The third kappa shape index (κ3) is 4.55. The molecule has 0 aromatic carbocycles. The summed E-state index contributed by atoms with van der Waals surface area (Å²) in [5.41, 5.74) is 0.957. The van der Waals surface area contributed by atoms with E-state index < -0.39 is 0 Å². The Hall–Kier alpha value is -1.00. The third-order valence-electron chi connectivity index (χ3n) is 1.55. The summed E-state index contributed by atoms with van der Waals surface area (Å²) in [7, 11) is 0. The van der Waals surface area contributed by atoms with Gasteiger partial charge in [-0.05, 0) is 6.92 Å². The van der Waals surface area contributed by atoms with Gasteiger partial charge in [0.15, 0.2) is 0 Å². The highest BCUT2D eigenvalue weighted by atomic mass is 16.5. The first kappa shape index (κ1) is 10.1. The molecule has 1 N–H and O–H groups in total. The summed E-state index contributed by atoms with van der Waals surface area (Å²) >= 11 is 0. The van der Waals surface area contributed by atoms with Crippen LogP contribution in [-0.4, -0.2) is 29.7 Å². The molecule has 0 bridgehead atoms. The molecule has 0 saturated carbocycles. The predicted octanol–water partition coefficient (Wildman–Crippen LogP) is 0.603. The Labute approximate surface area is 78.4 Å². The lowest BCUT2D eigenvalue weighted by molar-refractivity contribution is 0.149. The minimum absolute atomic E-state index is 0.747. The van der Waals surface area contributed by atoms with Gasteiger partial charge >= 0.3 is 0 Å². The highest BCUT2D eigenvalue weighted by molar-refractivity contribution is 4.93. The monoisotopic (exact) mass is 181 g/mol. The summed E-state index contributed by atoms with van der Waals surface area (Å²) in [4.78, 5) is 8.10. The predicted molar refractivity (Wildman–Crippen MR) is 50.2 cm³/mol. The van der Waals surface area contributed by atoms with Crippen LogP contribution in [0.1, 0.15) is 12.6 Å². The van der Waals surface area contributed by atoms with E-state index in [2.05, 4.69) is 15.3 Å². The van der Waals surface area contributed by atoms with Crippen molar-refractivity contribution in [3.8, 4) is 0 Å². The SMILES string of the molecule is CCOCCNCc1cnccn1. The van der Waals surface area contributed by atoms with Crippen LogP contribution >= 0.6 is 0 Å². The van der Waals surface area contributed by atoms with Gasteiger partial charge < -0.3 is 10.1 Å². The van der Waals surface area contributed by atoms with Crippen molar-refractivity contribution in [1.29, 1.82) is 0 Å². The Kier molecular flexibility index (Phi) is 5.05. The van der Waals surface area contributed by atoms with E-state index in [-0.39, 0.29) is 0 Å². The molecule has 0 aliphatic rings. The van der Waals surface area contributed by atoms with E-state index in [9.17, 15) is 0 Å². The first-order valence-corrected chi connectivity index (χ1v) is 4.47. The molecule has 13 heavy (non-hydrogen) atoms. The standard InChI is InChI=1S/C9H15N3O/c1-2-13-6-5-11-8-9-7-10-3-4-12-9/h3-4,7,11H,2,5-6,8H2,1H3. The van der Waals surface area contributed by atoms with Crippen molar-refractivity contribution in [1.82, 2.24) is 15.3 Å². The number of hydrogen-bond donors (Lipinski definition) is 1. The fraction of sp³-hybridized carbons (Fsp3) is 0.556. The maximum Gasteiger partial charge on any atom is 0.0724 e. The van der Waals surface area contributed by atoms with E-state index in [4.69, 9.17) is 4.74 Å². The first-order valence-electron chi connectivity index (χ1n) is 4.47. The summed E-state index contributed by atoms with van der Waals surface area (Å²) in [5, 5.41) is 3.21. The molecule has 1 rings (SSSR count). The number of nitrogens with zero attached hydrogens (tertiary/aromatic N) is 2. The van der Waals surface area contributed by atoms with E-state index in [1.807, 2.05) is 6.92 Å². The maximum atomic E-state index is 5.17. The van der Waals surface area contributed by atoms with Gasteiger partial charge in [-0.25, -0.2) is 0 Å². The van der Waals surface area contributed by atoms with E-state index in [1.54, 1.807) is 18.6 Å². The average molecular weight is 181 g/mol. The molecule has 0 fully saturated rings. The van der Waals surface area contributed by atoms with Gasteiger partial charge in [-0.3, -0.25) is 9.97 Å². The van der Waals surface area contributed by atoms with Crippen molar-refractivity contribution in [2.75, 3.05) is 19.8 Å². The zero-order chi connectivity index (χ0) is 9.36. The minimum Gasteiger partial charge on any atom is -0.380 e. The molecule has 0 atom stereocenters. The van der Waals surface area contributed by atoms with Gasteiger partial charge in [0.2, 0.25) is 0 Å². The number of rotatable bonds is 6. The number of aromatic nitrogens is 2. The van der Waals surface area contributed by atoms with Gasteiger partial charge in [0.1, 0.15) is 0 Å². The zero-order valence-corrected chi connectivity index (χ0v) is 7.86. The van der Waals surface area contributed by atoms with Crippen LogP contribution < -0.4 is 5.32 Å². The van der Waals surface area contributed by atoms with Gasteiger partial charge in [0.25, 0.3) is 0 Å². The Bertz CT molecular complexity index is 215. The van der Waals surface area contributed by atoms with Crippen LogP contribution in [0.4, 0.5) is 0 Å². The van der Waals surface area contributed by atoms with Crippen LogP contribution in [0.25, 0.3) is 0 Å². The van der Waals surface area contributed by atoms with Crippen molar-refractivity contribution in [2.45, 2.75) is 13.5 Å². The minimum atomic E-state index is 0.747. The Morgan fingerprint density at radius 3 is 3.08 bits per heavy atom. The molecule has 0 unspecified atom stereocenters. The third-order valence-corrected chi connectivity index (χ3v) is 1.55. The molecule has 0 aliphatic heterocycles. The van der Waals surface area contributed by atoms with Crippen molar-refractivity contribution < 1.29 is 4.74 Å². The molecule has 4 heteroatoms. The first-order chi connectivity index (χ1) is 6.43. The van der Waals surface area contributed by atoms with Gasteiger partial charge in [-0.15, -0.1) is 0 Å². The average Bonchev–Trinajstić information content (AvgIpc) is 2.19. The molecule has 0 amide bonds. The molecule has 0 aliphatic carbocycles. The highest BCUT2D eigenvalue weighted by Gasteiger charge is 1.91. The summed E-state index contributed by atoms with van der Waals surface area (Å²) < 4.78 is 5.17. The molecule has 72 valence electrons. The summed E-state index contributed by atoms with van der Waals surface area (Å²) in [6, 6.07) is 0. The van der Waals surface area contributed by atoms with Crippen LogP contribution in [0.15, 0.2) is 18.6 Å². The Morgan fingerprint density at radius 1 is 1.46 bits per heavy atom. The second-order valence-corrected chi connectivity index (χ2v) is 2.57. The van der Waals surface area contributed by atoms with Gasteiger partial charge in [-0.1, -0.05) is 0 Å². The lowest BCUT2D eigenvalue weighted by Gasteiger charge is -2.03. The quantitative estimate of drug-likeness (QED) is 0.653. The van der Waals surface area contributed by atoms with Crippen LogP contribution in [0, 0.1) is 0 Å². The molecular formula is C9H15N3O. The van der Waals surface area contributed by atoms with Gasteiger partial charge in [-0.2, -0.15) is 0 Å². The maximum absolute atomic E-state index is 5.17. The van der Waals surface area contributed by atoms with Crippen molar-refractivity contribution in [2.24, 2.45) is 0 Å². The molecule has 1 aromatic heterocycles. The Morgan fingerprint density at radius 2 is 2.38 bits per heavy atom. The second-order valence-electron chi connectivity index (χ2n) is 2.57. The molecule has 0 spiro atoms. The fourth-order valence-electron chi connectivity index (χ4n) is 0.926. The molecule has 1 aromatic rings. The van der Waals surface area contributed by atoms with E-state index in [0.29, 0.717) is 0 Å². The topological polar surface area (TPSA) is 47.0 Å². The smallest absolute Gasteiger partial charge is 0.0724 e. The summed E-state index contributed by atoms with van der Waals surface area (Å²) in [5.74, 6) is 0. The largest absolute Gasteiger partial charge is 0.380 e. The van der Waals surface area contributed by atoms with Crippen LogP contribution in [0.2, 0.25) is 0 Å². The highest BCUT2D eigenvalue weighted by Crippen LogP contribution is 1.87. The lowest BCUT2D eigenvalue weighted by Crippen LogP contribution is -2.19. The van der Waals surface area contributed by atoms with Crippen molar-refractivity contribution >= 4 is 0 Å². The summed E-state index contributed by atoms with van der Waals surface area (Å²) in [6.07, 6.45) is 5.12. The van der Waals surface area contributed by atoms with Crippen LogP contribution in [-0.2, 0) is 11.3 Å². The second kappa shape index (κ2) is 6.51. The van der Waals surface area contributed by atoms with E-state index >= 15 is 0 Å². The molecule has 4 nitrogen and oxygen atoms in total. The molecular weight excluding hydrogens is 166 g/mol. The normalized spacial score (nSPS) is 10.2. The van der Waals surface area contributed by atoms with Crippen molar-refractivity contribution in [3.63, 3.8) is 0 Å². The number of nitrogens with one attached hydrogen (secondary N) is 1. The zero-order valence-electron chi connectivity index (χ0n) is 7.86. The molecule has 0 saturated heterocycles. The number of ether oxygens (including phenoxy) is 1. The van der Waals surface area contributed by atoms with E-state index in [0.717, 1.165) is 32.0 Å². The number of hydrogen-bond acceptors (Lipinski definition) is 4. The van der Waals surface area contributed by atoms with Gasteiger partial charge in [0.05, 0.1) is 12.3 Å². The van der Waals surface area contributed by atoms with Gasteiger partial charge in [0, 0.05) is 38.3 Å². The Balaban J connectivity index is 2.07. The van der Waals surface area contributed by atoms with Crippen LogP contribution in [0.3, 0.4) is 0 Å². The molecule has 0 radical (unpaired) electrons.